The van der Waals surface area contributed by atoms with Crippen LogP contribution in [0, 0.1) is 13.8 Å². The van der Waals surface area contributed by atoms with Crippen molar-refractivity contribution >= 4 is 27.5 Å². The van der Waals surface area contributed by atoms with Crippen LogP contribution < -0.4 is 9.62 Å². The molecule has 8 heteroatoms. The molecule has 0 spiro atoms. The predicted molar refractivity (Wildman–Crippen MR) is 176 cm³/mol. The molecule has 2 amide bonds. The van der Waals surface area contributed by atoms with E-state index in [1.807, 2.05) is 80.6 Å². The molecule has 230 valence electrons. The van der Waals surface area contributed by atoms with Gasteiger partial charge in [-0.1, -0.05) is 104 Å². The van der Waals surface area contributed by atoms with Crippen molar-refractivity contribution in [3.63, 3.8) is 0 Å². The van der Waals surface area contributed by atoms with E-state index in [0.717, 1.165) is 32.1 Å². The van der Waals surface area contributed by atoms with Gasteiger partial charge in [-0.3, -0.25) is 13.9 Å². The lowest BCUT2D eigenvalue weighted by Crippen LogP contribution is -2.53. The van der Waals surface area contributed by atoms with Crippen LogP contribution in [0.4, 0.5) is 5.69 Å². The van der Waals surface area contributed by atoms with Crippen LogP contribution in [0.15, 0.2) is 108 Å². The summed E-state index contributed by atoms with van der Waals surface area (Å²) in [6.07, 6.45) is 0.270. The highest BCUT2D eigenvalue weighted by molar-refractivity contribution is 7.92. The van der Waals surface area contributed by atoms with Crippen molar-refractivity contribution in [3.8, 4) is 0 Å². The van der Waals surface area contributed by atoms with Crippen molar-refractivity contribution in [2.24, 2.45) is 0 Å². The molecule has 0 saturated heterocycles. The number of nitrogens with zero attached hydrogens (tertiary/aromatic N) is 2. The van der Waals surface area contributed by atoms with Crippen molar-refractivity contribution in [3.05, 3.63) is 131 Å². The maximum atomic E-state index is 14.4. The van der Waals surface area contributed by atoms with Gasteiger partial charge in [0, 0.05) is 20.0 Å². The Balaban J connectivity index is 1.79. The van der Waals surface area contributed by atoms with E-state index >= 15 is 0 Å². The summed E-state index contributed by atoms with van der Waals surface area (Å²) in [7, 11) is -2.60. The summed E-state index contributed by atoms with van der Waals surface area (Å²) in [5, 5.41) is 2.72. The van der Waals surface area contributed by atoms with Gasteiger partial charge in [-0.15, -0.1) is 0 Å². The van der Waals surface area contributed by atoms with E-state index in [0.29, 0.717) is 5.69 Å². The Bertz CT molecular complexity index is 1670. The molecule has 0 radical (unpaired) electrons. The monoisotopic (exact) mass is 611 g/mol. The van der Waals surface area contributed by atoms with E-state index < -0.39 is 28.5 Å². The molecule has 1 N–H and O–H groups in total. The van der Waals surface area contributed by atoms with E-state index in [1.54, 1.807) is 43.4 Å². The Labute approximate surface area is 261 Å². The molecular formula is C36H41N3O4S. The Kier molecular flexibility index (Phi) is 10.6. The SMILES string of the molecule is CNC(=O)C(Cc1ccccc1)N(Cc1cccc(C)c1)C(=O)CN(c1ccc(C(C)C)cc1)S(=O)(=O)c1ccc(C)cc1. The second-order valence-electron chi connectivity index (χ2n) is 11.4. The third-order valence-corrected chi connectivity index (χ3v) is 9.48. The largest absolute Gasteiger partial charge is 0.357 e. The van der Waals surface area contributed by atoms with E-state index in [9.17, 15) is 18.0 Å². The van der Waals surface area contributed by atoms with Gasteiger partial charge in [0.25, 0.3) is 10.0 Å². The zero-order valence-corrected chi connectivity index (χ0v) is 26.8. The molecule has 0 aliphatic heterocycles. The number of anilines is 1. The van der Waals surface area contributed by atoms with Crippen molar-refractivity contribution < 1.29 is 18.0 Å². The third-order valence-electron chi connectivity index (χ3n) is 7.69. The molecule has 0 aromatic heterocycles. The Morgan fingerprint density at radius 1 is 0.773 bits per heavy atom. The van der Waals surface area contributed by atoms with Crippen LogP contribution in [0.5, 0.6) is 0 Å². The zero-order chi connectivity index (χ0) is 31.9. The smallest absolute Gasteiger partial charge is 0.264 e. The minimum Gasteiger partial charge on any atom is -0.357 e. The highest BCUT2D eigenvalue weighted by Crippen LogP contribution is 2.27. The van der Waals surface area contributed by atoms with Gasteiger partial charge in [0.15, 0.2) is 0 Å². The number of nitrogens with one attached hydrogen (secondary N) is 1. The molecule has 1 unspecified atom stereocenters. The summed E-state index contributed by atoms with van der Waals surface area (Å²) in [6.45, 7) is 7.63. The number of amides is 2. The van der Waals surface area contributed by atoms with Crippen molar-refractivity contribution in [2.45, 2.75) is 57.5 Å². The number of aryl methyl sites for hydroxylation is 2. The number of carbonyl (C=O) groups is 2. The first-order valence-corrected chi connectivity index (χ1v) is 16.2. The first-order chi connectivity index (χ1) is 21.0. The molecule has 44 heavy (non-hydrogen) atoms. The van der Waals surface area contributed by atoms with Crippen molar-refractivity contribution in [1.29, 1.82) is 0 Å². The van der Waals surface area contributed by atoms with E-state index in [-0.39, 0.29) is 29.7 Å². The van der Waals surface area contributed by atoms with Crippen LogP contribution in [0.2, 0.25) is 0 Å². The number of hydrogen-bond acceptors (Lipinski definition) is 4. The number of sulfonamides is 1. The van der Waals surface area contributed by atoms with Gasteiger partial charge in [-0.2, -0.15) is 0 Å². The summed E-state index contributed by atoms with van der Waals surface area (Å²) >= 11 is 0. The Morgan fingerprint density at radius 3 is 2.00 bits per heavy atom. The minimum atomic E-state index is -4.14. The van der Waals surface area contributed by atoms with Gasteiger partial charge in [0.05, 0.1) is 10.6 Å². The van der Waals surface area contributed by atoms with Crippen LogP contribution in [-0.4, -0.2) is 44.8 Å². The maximum Gasteiger partial charge on any atom is 0.264 e. The molecular weight excluding hydrogens is 570 g/mol. The van der Waals surface area contributed by atoms with Gasteiger partial charge in [-0.25, -0.2) is 8.42 Å². The number of likely N-dealkylation sites (N-methyl/N-ethyl adjacent to an activating group) is 1. The second-order valence-corrected chi connectivity index (χ2v) is 13.3. The first-order valence-electron chi connectivity index (χ1n) is 14.8. The predicted octanol–water partition coefficient (Wildman–Crippen LogP) is 6.01. The van der Waals surface area contributed by atoms with E-state index in [2.05, 4.69) is 19.2 Å². The fraction of sp³-hybridized carbons (Fsp3) is 0.278. The van der Waals surface area contributed by atoms with E-state index in [1.165, 1.54) is 4.90 Å². The molecule has 0 saturated carbocycles. The third kappa shape index (κ3) is 7.94. The summed E-state index contributed by atoms with van der Waals surface area (Å²) in [6, 6.07) is 30.2. The lowest BCUT2D eigenvalue weighted by molar-refractivity contribution is -0.139. The summed E-state index contributed by atoms with van der Waals surface area (Å²) in [5.41, 5.74) is 5.09. The van der Waals surface area contributed by atoms with Crippen LogP contribution in [0.1, 0.15) is 47.6 Å². The summed E-state index contributed by atoms with van der Waals surface area (Å²) < 4.78 is 29.5. The number of rotatable bonds is 12. The molecule has 1 atom stereocenters. The first kappa shape index (κ1) is 32.5. The Morgan fingerprint density at radius 2 is 1.41 bits per heavy atom. The molecule has 4 rings (SSSR count). The standard InChI is InChI=1S/C36H41N3O4S/c1-26(2)31-16-18-32(19-17-31)39(44(42,43)33-20-14-27(3)15-21-33)25-35(40)38(24-30-13-9-10-28(4)22-30)34(36(41)37-5)23-29-11-7-6-8-12-29/h6-22,26,34H,23-25H2,1-5H3,(H,37,41). The van der Waals surface area contributed by atoms with Gasteiger partial charge < -0.3 is 10.2 Å². The molecule has 0 bridgehead atoms. The van der Waals surface area contributed by atoms with Crippen molar-refractivity contribution in [1.82, 2.24) is 10.2 Å². The van der Waals surface area contributed by atoms with Crippen molar-refractivity contribution in [2.75, 3.05) is 17.9 Å². The highest BCUT2D eigenvalue weighted by atomic mass is 32.2. The lowest BCUT2D eigenvalue weighted by atomic mass is 10.0. The lowest BCUT2D eigenvalue weighted by Gasteiger charge is -2.33. The molecule has 7 nitrogen and oxygen atoms in total. The molecule has 0 heterocycles. The van der Waals surface area contributed by atoms with Crippen LogP contribution in [0.3, 0.4) is 0 Å². The average Bonchev–Trinajstić information content (AvgIpc) is 3.01. The van der Waals surface area contributed by atoms with Crippen LogP contribution in [-0.2, 0) is 32.6 Å². The molecule has 0 fully saturated rings. The number of hydrogen-bond donors (Lipinski definition) is 1. The quantitative estimate of drug-likeness (QED) is 0.213. The van der Waals surface area contributed by atoms with Crippen LogP contribution in [0.25, 0.3) is 0 Å². The zero-order valence-electron chi connectivity index (χ0n) is 26.0. The number of benzene rings is 4. The average molecular weight is 612 g/mol. The molecule has 4 aromatic rings. The number of carbonyl (C=O) groups excluding carboxylic acids is 2. The van der Waals surface area contributed by atoms with Gasteiger partial charge >= 0.3 is 0 Å². The molecule has 4 aromatic carbocycles. The van der Waals surface area contributed by atoms with E-state index in [4.69, 9.17) is 0 Å². The summed E-state index contributed by atoms with van der Waals surface area (Å²) in [4.78, 5) is 29.4. The maximum absolute atomic E-state index is 14.4. The fourth-order valence-electron chi connectivity index (χ4n) is 5.12. The van der Waals surface area contributed by atoms with Crippen LogP contribution >= 0.6 is 0 Å². The topological polar surface area (TPSA) is 86.8 Å². The highest BCUT2D eigenvalue weighted by Gasteiger charge is 2.34. The van der Waals surface area contributed by atoms with Gasteiger partial charge in [-0.05, 0) is 60.7 Å². The summed E-state index contributed by atoms with van der Waals surface area (Å²) in [5.74, 6) is -0.562. The molecule has 0 aliphatic rings. The van der Waals surface area contributed by atoms with Gasteiger partial charge in [0.2, 0.25) is 11.8 Å². The van der Waals surface area contributed by atoms with Gasteiger partial charge in [0.1, 0.15) is 12.6 Å². The Hall–Kier alpha value is -4.43. The molecule has 0 aliphatic carbocycles. The normalized spacial score (nSPS) is 12.0. The fourth-order valence-corrected chi connectivity index (χ4v) is 6.53. The second kappa shape index (κ2) is 14.4. The minimum absolute atomic E-state index is 0.0845.